The fourth-order valence-electron chi connectivity index (χ4n) is 1.81. The average molecular weight is 326 g/mol. The van der Waals surface area contributed by atoms with Gasteiger partial charge in [-0.05, 0) is 30.3 Å². The number of allylic oxidation sites excluding steroid dienone is 1. The van der Waals surface area contributed by atoms with Crippen LogP contribution in [0.2, 0.25) is 5.02 Å². The van der Waals surface area contributed by atoms with Gasteiger partial charge in [-0.1, -0.05) is 29.8 Å². The Morgan fingerprint density at radius 3 is 2.43 bits per heavy atom. The molecule has 2 rings (SSSR count). The van der Waals surface area contributed by atoms with Gasteiger partial charge >= 0.3 is 5.97 Å². The monoisotopic (exact) mass is 325 g/mol. The maximum atomic E-state index is 10.8. The normalized spacial score (nSPS) is 11.8. The lowest BCUT2D eigenvalue weighted by Gasteiger charge is -2.05. The summed E-state index contributed by atoms with van der Waals surface area (Å²) in [6.45, 7) is 0. The van der Waals surface area contributed by atoms with Crippen LogP contribution in [0.1, 0.15) is 15.9 Å². The number of carbonyl (C=O) groups is 1. The highest BCUT2D eigenvalue weighted by atomic mass is 35.5. The van der Waals surface area contributed by atoms with Gasteiger partial charge in [0.05, 0.1) is 22.5 Å². The summed E-state index contributed by atoms with van der Waals surface area (Å²) >= 11 is 6.06. The van der Waals surface area contributed by atoms with Crippen molar-refractivity contribution < 1.29 is 9.90 Å². The number of hydrogen-bond donors (Lipinski definition) is 2. The van der Waals surface area contributed by atoms with Gasteiger partial charge in [0, 0.05) is 16.8 Å². The van der Waals surface area contributed by atoms with Gasteiger partial charge < -0.3 is 10.8 Å². The minimum atomic E-state index is -1.01. The second-order valence-corrected chi connectivity index (χ2v) is 4.94. The molecule has 114 valence electrons. The minimum Gasteiger partial charge on any atom is -0.478 e. The maximum absolute atomic E-state index is 10.8. The van der Waals surface area contributed by atoms with Gasteiger partial charge in [0.1, 0.15) is 6.07 Å². The Morgan fingerprint density at radius 2 is 1.87 bits per heavy atom. The number of aromatic carboxylic acids is 1. The van der Waals surface area contributed by atoms with Crippen molar-refractivity contribution in [3.63, 3.8) is 0 Å². The lowest BCUT2D eigenvalue weighted by Crippen LogP contribution is -2.02. The van der Waals surface area contributed by atoms with Crippen LogP contribution in [0.15, 0.2) is 59.1 Å². The van der Waals surface area contributed by atoms with Crippen LogP contribution in [0.4, 0.5) is 5.69 Å². The van der Waals surface area contributed by atoms with Crippen molar-refractivity contribution in [3.05, 3.63) is 70.3 Å². The summed E-state index contributed by atoms with van der Waals surface area (Å²) in [7, 11) is 0. The lowest BCUT2D eigenvalue weighted by atomic mass is 10.1. The Bertz CT molecular complexity index is 834. The first kappa shape index (κ1) is 16.3. The standard InChI is InChI=1S/C17H12ClN3O2/c18-15-4-2-1-3-14(15)16(20)12(9-19)10-21-13-7-5-11(6-8-13)17(22)23/h1-8,10H,20H2,(H,22,23)/b16-12-,21-10?. The first-order valence-corrected chi connectivity index (χ1v) is 6.93. The highest BCUT2D eigenvalue weighted by Crippen LogP contribution is 2.22. The first-order valence-electron chi connectivity index (χ1n) is 6.55. The molecule has 0 aromatic heterocycles. The topological polar surface area (TPSA) is 99.5 Å². The molecule has 3 N–H and O–H groups in total. The van der Waals surface area contributed by atoms with E-state index < -0.39 is 5.97 Å². The minimum absolute atomic E-state index is 0.163. The Morgan fingerprint density at radius 1 is 1.22 bits per heavy atom. The lowest BCUT2D eigenvalue weighted by molar-refractivity contribution is 0.0697. The summed E-state index contributed by atoms with van der Waals surface area (Å²) < 4.78 is 0. The van der Waals surface area contributed by atoms with E-state index in [2.05, 4.69) is 4.99 Å². The van der Waals surface area contributed by atoms with Crippen molar-refractivity contribution in [2.24, 2.45) is 10.7 Å². The molecule has 0 radical (unpaired) electrons. The van der Waals surface area contributed by atoms with Crippen molar-refractivity contribution >= 4 is 35.2 Å². The number of carboxylic acids is 1. The van der Waals surface area contributed by atoms with Crippen LogP contribution >= 0.6 is 11.6 Å². The second kappa shape index (κ2) is 7.25. The van der Waals surface area contributed by atoms with E-state index in [1.807, 2.05) is 6.07 Å². The van der Waals surface area contributed by atoms with Crippen molar-refractivity contribution in [2.75, 3.05) is 0 Å². The summed E-state index contributed by atoms with van der Waals surface area (Å²) in [5.74, 6) is -1.01. The molecule has 0 heterocycles. The quantitative estimate of drug-likeness (QED) is 0.662. The molecule has 0 aliphatic heterocycles. The summed E-state index contributed by atoms with van der Waals surface area (Å²) in [4.78, 5) is 14.9. The maximum Gasteiger partial charge on any atom is 0.335 e. The molecule has 0 saturated carbocycles. The fourth-order valence-corrected chi connectivity index (χ4v) is 2.05. The third kappa shape index (κ3) is 3.96. The molecule has 0 aliphatic rings. The Labute approximate surface area is 138 Å². The van der Waals surface area contributed by atoms with E-state index in [0.717, 1.165) is 0 Å². The van der Waals surface area contributed by atoms with Gasteiger partial charge in [-0.15, -0.1) is 0 Å². The van der Waals surface area contributed by atoms with Crippen molar-refractivity contribution in [3.8, 4) is 6.07 Å². The summed E-state index contributed by atoms with van der Waals surface area (Å²) in [6, 6.07) is 14.9. The second-order valence-electron chi connectivity index (χ2n) is 4.53. The Hall–Kier alpha value is -3.10. The first-order chi connectivity index (χ1) is 11.0. The molecule has 0 amide bonds. The zero-order valence-corrected chi connectivity index (χ0v) is 12.7. The zero-order valence-electron chi connectivity index (χ0n) is 11.9. The van der Waals surface area contributed by atoms with E-state index in [-0.39, 0.29) is 16.8 Å². The molecule has 0 fully saturated rings. The molecule has 0 bridgehead atoms. The van der Waals surface area contributed by atoms with E-state index >= 15 is 0 Å². The van der Waals surface area contributed by atoms with Gasteiger partial charge in [0.15, 0.2) is 0 Å². The van der Waals surface area contributed by atoms with Crippen molar-refractivity contribution in [1.82, 2.24) is 0 Å². The SMILES string of the molecule is N#C/C(C=Nc1ccc(C(=O)O)cc1)=C(/N)c1ccccc1Cl. The summed E-state index contributed by atoms with van der Waals surface area (Å²) in [5.41, 5.74) is 7.60. The third-order valence-corrected chi connectivity index (χ3v) is 3.36. The number of nitrogens with two attached hydrogens (primary N) is 1. The zero-order chi connectivity index (χ0) is 16.8. The molecule has 2 aromatic carbocycles. The molecule has 2 aromatic rings. The van der Waals surface area contributed by atoms with Gasteiger partial charge in [-0.2, -0.15) is 5.26 Å². The number of aliphatic imine (C=N–C) groups is 1. The van der Waals surface area contributed by atoms with Crippen molar-refractivity contribution in [1.29, 1.82) is 5.26 Å². The number of carboxylic acid groups (broad SMARTS) is 1. The van der Waals surface area contributed by atoms with Gasteiger partial charge in [-0.3, -0.25) is 4.99 Å². The molecule has 0 saturated heterocycles. The third-order valence-electron chi connectivity index (χ3n) is 3.03. The molecular formula is C17H12ClN3O2. The van der Waals surface area contributed by atoms with E-state index in [0.29, 0.717) is 16.3 Å². The summed E-state index contributed by atoms with van der Waals surface area (Å²) in [6.07, 6.45) is 1.33. The van der Waals surface area contributed by atoms with Crippen LogP contribution in [-0.2, 0) is 0 Å². The molecule has 0 aliphatic carbocycles. The summed E-state index contributed by atoms with van der Waals surface area (Å²) in [5, 5.41) is 18.5. The van der Waals surface area contributed by atoms with E-state index in [4.69, 9.17) is 22.4 Å². The number of nitrogens with zero attached hydrogens (tertiary/aromatic N) is 2. The Kier molecular flexibility index (Phi) is 5.13. The smallest absolute Gasteiger partial charge is 0.335 e. The molecule has 6 heteroatoms. The number of benzene rings is 2. The predicted molar refractivity (Wildman–Crippen MR) is 89.7 cm³/mol. The van der Waals surface area contributed by atoms with E-state index in [1.165, 1.54) is 18.3 Å². The fraction of sp³-hybridized carbons (Fsp3) is 0. The highest BCUT2D eigenvalue weighted by molar-refractivity contribution is 6.32. The van der Waals surface area contributed by atoms with Gasteiger partial charge in [0.25, 0.3) is 0 Å². The molecule has 5 nitrogen and oxygen atoms in total. The molecule has 0 spiro atoms. The molecular weight excluding hydrogens is 314 g/mol. The largest absolute Gasteiger partial charge is 0.478 e. The number of hydrogen-bond acceptors (Lipinski definition) is 4. The van der Waals surface area contributed by atoms with Crippen LogP contribution in [0, 0.1) is 11.3 Å². The van der Waals surface area contributed by atoms with Crippen LogP contribution in [-0.4, -0.2) is 17.3 Å². The number of halogens is 1. The molecule has 23 heavy (non-hydrogen) atoms. The average Bonchev–Trinajstić information content (AvgIpc) is 2.56. The van der Waals surface area contributed by atoms with Crippen molar-refractivity contribution in [2.45, 2.75) is 0 Å². The van der Waals surface area contributed by atoms with E-state index in [1.54, 1.807) is 36.4 Å². The molecule has 0 atom stereocenters. The number of rotatable bonds is 4. The van der Waals surface area contributed by atoms with Gasteiger partial charge in [-0.25, -0.2) is 4.79 Å². The highest BCUT2D eigenvalue weighted by Gasteiger charge is 2.07. The van der Waals surface area contributed by atoms with Gasteiger partial charge in [0.2, 0.25) is 0 Å². The van der Waals surface area contributed by atoms with Crippen LogP contribution in [0.5, 0.6) is 0 Å². The van der Waals surface area contributed by atoms with Crippen LogP contribution in [0.3, 0.4) is 0 Å². The number of nitriles is 1. The van der Waals surface area contributed by atoms with E-state index in [9.17, 15) is 10.1 Å². The Balaban J connectivity index is 2.32. The van der Waals surface area contributed by atoms with Crippen LogP contribution in [0.25, 0.3) is 5.70 Å². The van der Waals surface area contributed by atoms with Crippen LogP contribution < -0.4 is 5.73 Å². The predicted octanol–water partition coefficient (Wildman–Crippen LogP) is 3.63. The molecule has 0 unspecified atom stereocenters.